The lowest BCUT2D eigenvalue weighted by Crippen LogP contribution is -2.47. The third kappa shape index (κ3) is 5.08. The first-order valence-electron chi connectivity index (χ1n) is 9.46. The maximum Gasteiger partial charge on any atom is 0.242 e. The second kappa shape index (κ2) is 9.69. The standard InChI is InChI=1S/C21H23Cl3N2O2S/c1-13(2)11-25(19(27)10-22)12-20(28)26-7-5-18-16(6-8-29-18)21(26)15-4-3-14(23)9-17(15)24/h3-4,6,8-9,13,21H,5,7,10-12H2,1-2H3. The van der Waals surface area contributed by atoms with Gasteiger partial charge in [0.2, 0.25) is 11.8 Å². The smallest absolute Gasteiger partial charge is 0.242 e. The Morgan fingerprint density at radius 2 is 2.00 bits per heavy atom. The van der Waals surface area contributed by atoms with Crippen molar-refractivity contribution in [1.29, 1.82) is 0 Å². The second-order valence-electron chi connectivity index (χ2n) is 7.51. The van der Waals surface area contributed by atoms with Crippen LogP contribution in [0.3, 0.4) is 0 Å². The Morgan fingerprint density at radius 1 is 1.24 bits per heavy atom. The second-order valence-corrected chi connectivity index (χ2v) is 9.62. The lowest BCUT2D eigenvalue weighted by Gasteiger charge is -2.38. The van der Waals surface area contributed by atoms with Gasteiger partial charge in [0, 0.05) is 28.0 Å². The zero-order valence-electron chi connectivity index (χ0n) is 16.3. The van der Waals surface area contributed by atoms with Crippen LogP contribution in [0.1, 0.15) is 35.9 Å². The molecule has 0 spiro atoms. The molecule has 2 amide bonds. The number of rotatable bonds is 6. The molecular weight excluding hydrogens is 451 g/mol. The summed E-state index contributed by atoms with van der Waals surface area (Å²) in [6.45, 7) is 5.08. The third-order valence-electron chi connectivity index (χ3n) is 4.92. The molecular formula is C21H23Cl3N2O2S. The summed E-state index contributed by atoms with van der Waals surface area (Å²) in [5.41, 5.74) is 1.92. The Kier molecular flexibility index (Phi) is 7.49. The topological polar surface area (TPSA) is 40.6 Å². The zero-order chi connectivity index (χ0) is 21.1. The highest BCUT2D eigenvalue weighted by molar-refractivity contribution is 7.10. The van der Waals surface area contributed by atoms with Crippen LogP contribution in [0.15, 0.2) is 29.6 Å². The van der Waals surface area contributed by atoms with E-state index in [0.717, 1.165) is 17.5 Å². The van der Waals surface area contributed by atoms with Crippen molar-refractivity contribution >= 4 is 58.0 Å². The fourth-order valence-corrected chi connectivity index (χ4v) is 5.26. The molecule has 1 atom stereocenters. The summed E-state index contributed by atoms with van der Waals surface area (Å²) in [4.78, 5) is 30.2. The molecule has 0 N–H and O–H groups in total. The van der Waals surface area contributed by atoms with E-state index in [4.69, 9.17) is 34.8 Å². The number of carbonyl (C=O) groups excluding carboxylic acids is 2. The first kappa shape index (κ1) is 22.4. The minimum atomic E-state index is -0.297. The average Bonchev–Trinajstić information content (AvgIpc) is 3.15. The van der Waals surface area contributed by atoms with Gasteiger partial charge in [0.1, 0.15) is 5.88 Å². The number of carbonyl (C=O) groups is 2. The number of hydrogen-bond acceptors (Lipinski definition) is 3. The third-order valence-corrected chi connectivity index (χ3v) is 6.71. The number of benzene rings is 1. The van der Waals surface area contributed by atoms with Crippen LogP contribution in [0.5, 0.6) is 0 Å². The lowest BCUT2D eigenvalue weighted by molar-refractivity contribution is -0.141. The molecule has 1 aliphatic rings. The molecule has 1 aromatic carbocycles. The van der Waals surface area contributed by atoms with Crippen LogP contribution in [0.4, 0.5) is 0 Å². The van der Waals surface area contributed by atoms with Gasteiger partial charge in [0.25, 0.3) is 0 Å². The molecule has 0 saturated carbocycles. The van der Waals surface area contributed by atoms with Crippen LogP contribution >= 0.6 is 46.1 Å². The first-order chi connectivity index (χ1) is 13.8. The van der Waals surface area contributed by atoms with Crippen LogP contribution in [0.25, 0.3) is 0 Å². The Morgan fingerprint density at radius 3 is 2.66 bits per heavy atom. The van der Waals surface area contributed by atoms with Gasteiger partial charge in [0.15, 0.2) is 0 Å². The minimum absolute atomic E-state index is 0.00487. The van der Waals surface area contributed by atoms with E-state index >= 15 is 0 Å². The van der Waals surface area contributed by atoms with Crippen LogP contribution in [-0.4, -0.2) is 47.1 Å². The maximum absolute atomic E-state index is 13.3. The number of alkyl halides is 1. The largest absolute Gasteiger partial charge is 0.332 e. The van der Waals surface area contributed by atoms with E-state index in [1.807, 2.05) is 36.3 Å². The summed E-state index contributed by atoms with van der Waals surface area (Å²) in [5.74, 6) is -0.248. The van der Waals surface area contributed by atoms with Crippen molar-refractivity contribution in [1.82, 2.24) is 9.80 Å². The van der Waals surface area contributed by atoms with Gasteiger partial charge in [-0.1, -0.05) is 43.1 Å². The molecule has 0 aliphatic carbocycles. The van der Waals surface area contributed by atoms with E-state index in [-0.39, 0.29) is 36.2 Å². The molecule has 3 rings (SSSR count). The van der Waals surface area contributed by atoms with Gasteiger partial charge in [-0.25, -0.2) is 0 Å². The van der Waals surface area contributed by atoms with E-state index < -0.39 is 0 Å². The summed E-state index contributed by atoms with van der Waals surface area (Å²) in [7, 11) is 0. The number of thiophene rings is 1. The highest BCUT2D eigenvalue weighted by atomic mass is 35.5. The highest BCUT2D eigenvalue weighted by Crippen LogP contribution is 2.41. The summed E-state index contributed by atoms with van der Waals surface area (Å²) in [6, 6.07) is 7.11. The number of nitrogens with zero attached hydrogens (tertiary/aromatic N) is 2. The molecule has 1 aromatic heterocycles. The van der Waals surface area contributed by atoms with Crippen molar-refractivity contribution < 1.29 is 9.59 Å². The van der Waals surface area contributed by atoms with Crippen molar-refractivity contribution in [3.8, 4) is 0 Å². The molecule has 0 saturated heterocycles. The molecule has 2 aromatic rings. The van der Waals surface area contributed by atoms with Crippen molar-refractivity contribution in [3.63, 3.8) is 0 Å². The van der Waals surface area contributed by atoms with Gasteiger partial charge < -0.3 is 9.80 Å². The molecule has 156 valence electrons. The number of amides is 2. The van der Waals surface area contributed by atoms with Gasteiger partial charge in [0.05, 0.1) is 12.6 Å². The minimum Gasteiger partial charge on any atom is -0.332 e. The molecule has 2 heterocycles. The van der Waals surface area contributed by atoms with Crippen molar-refractivity contribution in [2.75, 3.05) is 25.5 Å². The number of halogens is 3. The monoisotopic (exact) mass is 472 g/mol. The van der Waals surface area contributed by atoms with Crippen LogP contribution < -0.4 is 0 Å². The van der Waals surface area contributed by atoms with Crippen LogP contribution in [0.2, 0.25) is 10.0 Å². The van der Waals surface area contributed by atoms with Crippen molar-refractivity contribution in [2.24, 2.45) is 5.92 Å². The lowest BCUT2D eigenvalue weighted by atomic mass is 9.93. The molecule has 4 nitrogen and oxygen atoms in total. The normalized spacial score (nSPS) is 16.1. The van der Waals surface area contributed by atoms with Gasteiger partial charge in [-0.2, -0.15) is 0 Å². The van der Waals surface area contributed by atoms with E-state index in [0.29, 0.717) is 23.1 Å². The van der Waals surface area contributed by atoms with E-state index in [1.165, 1.54) is 4.88 Å². The van der Waals surface area contributed by atoms with E-state index in [1.54, 1.807) is 28.4 Å². The Bertz CT molecular complexity index is 900. The van der Waals surface area contributed by atoms with Gasteiger partial charge in [-0.3, -0.25) is 9.59 Å². The predicted molar refractivity (Wildman–Crippen MR) is 120 cm³/mol. The SMILES string of the molecule is CC(C)CN(CC(=O)N1CCc2sccc2C1c1ccc(Cl)cc1Cl)C(=O)CCl. The van der Waals surface area contributed by atoms with E-state index in [2.05, 4.69) is 0 Å². The summed E-state index contributed by atoms with van der Waals surface area (Å²) >= 11 is 20.1. The van der Waals surface area contributed by atoms with Crippen LogP contribution in [-0.2, 0) is 16.0 Å². The van der Waals surface area contributed by atoms with Gasteiger partial charge in [-0.05, 0) is 47.0 Å². The summed E-state index contributed by atoms with van der Waals surface area (Å²) < 4.78 is 0. The van der Waals surface area contributed by atoms with Gasteiger partial charge in [-0.15, -0.1) is 22.9 Å². The average molecular weight is 474 g/mol. The predicted octanol–water partition coefficient (Wildman–Crippen LogP) is 5.25. The Balaban J connectivity index is 1.93. The zero-order valence-corrected chi connectivity index (χ0v) is 19.4. The quantitative estimate of drug-likeness (QED) is 0.537. The number of fused-ring (bicyclic) bond motifs is 1. The number of hydrogen-bond donors (Lipinski definition) is 0. The fraction of sp³-hybridized carbons (Fsp3) is 0.429. The molecule has 1 aliphatic heterocycles. The van der Waals surface area contributed by atoms with Crippen LogP contribution in [0, 0.1) is 5.92 Å². The molecule has 0 bridgehead atoms. The molecule has 0 radical (unpaired) electrons. The van der Waals surface area contributed by atoms with Crippen molar-refractivity contribution in [3.05, 3.63) is 55.7 Å². The Hall–Kier alpha value is -1.27. The summed E-state index contributed by atoms with van der Waals surface area (Å²) in [5, 5.41) is 3.11. The molecule has 0 fully saturated rings. The summed E-state index contributed by atoms with van der Waals surface area (Å²) in [6.07, 6.45) is 0.786. The molecule has 8 heteroatoms. The first-order valence-corrected chi connectivity index (χ1v) is 11.6. The Labute approximate surface area is 190 Å². The van der Waals surface area contributed by atoms with Crippen molar-refractivity contribution in [2.45, 2.75) is 26.3 Å². The molecule has 1 unspecified atom stereocenters. The van der Waals surface area contributed by atoms with Gasteiger partial charge >= 0.3 is 0 Å². The fourth-order valence-electron chi connectivity index (χ4n) is 3.68. The highest BCUT2D eigenvalue weighted by Gasteiger charge is 2.35. The van der Waals surface area contributed by atoms with E-state index in [9.17, 15) is 9.59 Å². The maximum atomic E-state index is 13.3. The molecule has 29 heavy (non-hydrogen) atoms.